The second-order valence-electron chi connectivity index (χ2n) is 3.89. The third kappa shape index (κ3) is 2.80. The second kappa shape index (κ2) is 5.22. The Morgan fingerprint density at radius 1 is 1.35 bits per heavy atom. The zero-order valence-corrected chi connectivity index (χ0v) is 10.1. The molecule has 0 aliphatic heterocycles. The Labute approximate surface area is 113 Å². The lowest BCUT2D eigenvalue weighted by molar-refractivity contribution is -0.384. The molecular formula is C12H10N4O4. The van der Waals surface area contributed by atoms with Crippen LogP contribution in [0.25, 0.3) is 0 Å². The first-order chi connectivity index (χ1) is 9.47. The fourth-order valence-electron chi connectivity index (χ4n) is 1.50. The molecule has 0 aliphatic carbocycles. The van der Waals surface area contributed by atoms with Crippen LogP contribution in [0, 0.1) is 10.1 Å². The van der Waals surface area contributed by atoms with Gasteiger partial charge in [-0.15, -0.1) is 0 Å². The largest absolute Gasteiger partial charge is 0.508 e. The number of nitrogens with zero attached hydrogens (tertiary/aromatic N) is 2. The third-order valence-electron chi connectivity index (χ3n) is 2.45. The summed E-state index contributed by atoms with van der Waals surface area (Å²) in [5.74, 6) is -0.876. The Balaban J connectivity index is 2.28. The molecule has 1 heterocycles. The monoisotopic (exact) mass is 274 g/mol. The molecule has 102 valence electrons. The first kappa shape index (κ1) is 13.3. The highest BCUT2D eigenvalue weighted by atomic mass is 16.6. The zero-order chi connectivity index (χ0) is 14.7. The Kier molecular flexibility index (Phi) is 3.47. The van der Waals surface area contributed by atoms with E-state index < -0.39 is 16.5 Å². The van der Waals surface area contributed by atoms with Crippen molar-refractivity contribution < 1.29 is 14.8 Å². The number of rotatable bonds is 3. The number of aromatic nitrogens is 1. The molecule has 0 atom stereocenters. The Morgan fingerprint density at radius 2 is 2.10 bits per heavy atom. The number of pyridine rings is 1. The molecule has 0 radical (unpaired) electrons. The molecule has 20 heavy (non-hydrogen) atoms. The van der Waals surface area contributed by atoms with Gasteiger partial charge in [0, 0.05) is 0 Å². The number of carbonyl (C=O) groups is 1. The number of nitro groups is 1. The van der Waals surface area contributed by atoms with Crippen molar-refractivity contribution in [1.29, 1.82) is 0 Å². The highest BCUT2D eigenvalue weighted by Gasteiger charge is 2.17. The topological polar surface area (TPSA) is 131 Å². The summed E-state index contributed by atoms with van der Waals surface area (Å²) in [7, 11) is 0. The standard InChI is InChI=1S/C12H10N4O4/c13-7-1-3-10(14-6-7)12(18)15-9-4-2-8(17)5-11(9)16(19)20/h1-6,17H,13H2,(H,15,18). The molecule has 4 N–H and O–H groups in total. The van der Waals surface area contributed by atoms with E-state index in [0.29, 0.717) is 5.69 Å². The molecule has 8 nitrogen and oxygen atoms in total. The summed E-state index contributed by atoms with van der Waals surface area (Å²) in [4.78, 5) is 25.8. The van der Waals surface area contributed by atoms with Crippen LogP contribution in [0.1, 0.15) is 10.5 Å². The average molecular weight is 274 g/mol. The van der Waals surface area contributed by atoms with Gasteiger partial charge in [0.25, 0.3) is 11.6 Å². The molecule has 0 saturated carbocycles. The van der Waals surface area contributed by atoms with Crippen molar-refractivity contribution in [3.05, 3.63) is 52.3 Å². The lowest BCUT2D eigenvalue weighted by Crippen LogP contribution is -2.14. The van der Waals surface area contributed by atoms with E-state index in [-0.39, 0.29) is 17.1 Å². The van der Waals surface area contributed by atoms with Crippen LogP contribution in [-0.2, 0) is 0 Å². The summed E-state index contributed by atoms with van der Waals surface area (Å²) in [6.07, 6.45) is 1.31. The maximum absolute atomic E-state index is 11.9. The molecule has 2 aromatic rings. The van der Waals surface area contributed by atoms with Crippen molar-refractivity contribution >= 4 is 23.0 Å². The number of hydrogen-bond donors (Lipinski definition) is 3. The van der Waals surface area contributed by atoms with Gasteiger partial charge in [0.15, 0.2) is 0 Å². The van der Waals surface area contributed by atoms with Crippen molar-refractivity contribution in [2.75, 3.05) is 11.1 Å². The molecule has 1 aromatic carbocycles. The van der Waals surface area contributed by atoms with Gasteiger partial charge in [-0.3, -0.25) is 14.9 Å². The van der Waals surface area contributed by atoms with Crippen molar-refractivity contribution in [2.45, 2.75) is 0 Å². The van der Waals surface area contributed by atoms with Gasteiger partial charge in [0.2, 0.25) is 0 Å². The van der Waals surface area contributed by atoms with Crippen LogP contribution in [0.3, 0.4) is 0 Å². The summed E-state index contributed by atoms with van der Waals surface area (Å²) >= 11 is 0. The number of anilines is 2. The predicted molar refractivity (Wildman–Crippen MR) is 71.4 cm³/mol. The number of benzene rings is 1. The second-order valence-corrected chi connectivity index (χ2v) is 3.89. The molecule has 2 rings (SSSR count). The van der Waals surface area contributed by atoms with Crippen LogP contribution in [0.4, 0.5) is 17.1 Å². The number of aromatic hydroxyl groups is 1. The van der Waals surface area contributed by atoms with E-state index in [4.69, 9.17) is 5.73 Å². The van der Waals surface area contributed by atoms with E-state index in [1.165, 1.54) is 30.5 Å². The molecule has 0 unspecified atom stereocenters. The van der Waals surface area contributed by atoms with Crippen molar-refractivity contribution in [3.8, 4) is 5.75 Å². The number of nitrogens with two attached hydrogens (primary N) is 1. The summed E-state index contributed by atoms with van der Waals surface area (Å²) in [6, 6.07) is 6.32. The van der Waals surface area contributed by atoms with Gasteiger partial charge in [-0.1, -0.05) is 0 Å². The molecule has 0 aliphatic rings. The molecular weight excluding hydrogens is 264 g/mol. The molecule has 0 bridgehead atoms. The van der Waals surface area contributed by atoms with E-state index in [1.54, 1.807) is 0 Å². The van der Waals surface area contributed by atoms with Gasteiger partial charge in [-0.05, 0) is 24.3 Å². The van der Waals surface area contributed by atoms with Crippen molar-refractivity contribution in [2.24, 2.45) is 0 Å². The van der Waals surface area contributed by atoms with E-state index in [0.717, 1.165) is 6.07 Å². The fourth-order valence-corrected chi connectivity index (χ4v) is 1.50. The van der Waals surface area contributed by atoms with Crippen LogP contribution >= 0.6 is 0 Å². The number of amides is 1. The smallest absolute Gasteiger partial charge is 0.296 e. The molecule has 0 spiro atoms. The summed E-state index contributed by atoms with van der Waals surface area (Å²) < 4.78 is 0. The minimum absolute atomic E-state index is 0.0311. The average Bonchev–Trinajstić information content (AvgIpc) is 2.41. The highest BCUT2D eigenvalue weighted by Crippen LogP contribution is 2.28. The summed E-state index contributed by atoms with van der Waals surface area (Å²) in [5.41, 5.74) is 5.48. The van der Waals surface area contributed by atoms with Gasteiger partial charge in [0.05, 0.1) is 22.9 Å². The Morgan fingerprint density at radius 3 is 2.70 bits per heavy atom. The minimum Gasteiger partial charge on any atom is -0.508 e. The van der Waals surface area contributed by atoms with E-state index in [2.05, 4.69) is 10.3 Å². The lowest BCUT2D eigenvalue weighted by Gasteiger charge is -2.06. The Bertz CT molecular complexity index is 670. The quantitative estimate of drug-likeness (QED) is 0.441. The first-order valence-electron chi connectivity index (χ1n) is 5.47. The van der Waals surface area contributed by atoms with Gasteiger partial charge < -0.3 is 16.2 Å². The van der Waals surface area contributed by atoms with Crippen LogP contribution in [0.2, 0.25) is 0 Å². The number of nitrogen functional groups attached to an aromatic ring is 1. The molecule has 0 saturated heterocycles. The summed E-state index contributed by atoms with van der Waals surface area (Å²) in [6.45, 7) is 0. The fraction of sp³-hybridized carbons (Fsp3) is 0. The van der Waals surface area contributed by atoms with E-state index in [9.17, 15) is 20.0 Å². The van der Waals surface area contributed by atoms with E-state index in [1.807, 2.05) is 0 Å². The van der Waals surface area contributed by atoms with Crippen molar-refractivity contribution in [1.82, 2.24) is 4.98 Å². The van der Waals surface area contributed by atoms with Gasteiger partial charge in [-0.25, -0.2) is 4.98 Å². The summed E-state index contributed by atoms with van der Waals surface area (Å²) in [5, 5.41) is 22.4. The van der Waals surface area contributed by atoms with Crippen LogP contribution < -0.4 is 11.1 Å². The van der Waals surface area contributed by atoms with Crippen LogP contribution in [0.5, 0.6) is 5.75 Å². The minimum atomic E-state index is -0.703. The number of hydrogen-bond acceptors (Lipinski definition) is 6. The molecule has 1 aromatic heterocycles. The normalized spacial score (nSPS) is 10.0. The molecule has 1 amide bonds. The van der Waals surface area contributed by atoms with Crippen molar-refractivity contribution in [3.63, 3.8) is 0 Å². The number of carbonyl (C=O) groups excluding carboxylic acids is 1. The SMILES string of the molecule is Nc1ccc(C(=O)Nc2ccc(O)cc2[N+](=O)[O-])nc1. The number of nitrogens with one attached hydrogen (secondary N) is 1. The zero-order valence-electron chi connectivity index (χ0n) is 10.1. The maximum Gasteiger partial charge on any atom is 0.296 e. The predicted octanol–water partition coefficient (Wildman–Crippen LogP) is 1.53. The van der Waals surface area contributed by atoms with Gasteiger partial charge in [0.1, 0.15) is 17.1 Å². The van der Waals surface area contributed by atoms with Gasteiger partial charge in [-0.2, -0.15) is 0 Å². The number of phenolic OH excluding ortho intramolecular Hbond substituents is 1. The van der Waals surface area contributed by atoms with Crippen LogP contribution in [0.15, 0.2) is 36.5 Å². The van der Waals surface area contributed by atoms with E-state index >= 15 is 0 Å². The number of nitro benzene ring substituents is 1. The third-order valence-corrected chi connectivity index (χ3v) is 2.45. The highest BCUT2D eigenvalue weighted by molar-refractivity contribution is 6.04. The molecule has 8 heteroatoms. The Hall–Kier alpha value is -3.16. The molecule has 0 fully saturated rings. The number of phenols is 1. The lowest BCUT2D eigenvalue weighted by atomic mass is 10.2. The first-order valence-corrected chi connectivity index (χ1v) is 5.47. The maximum atomic E-state index is 11.9. The van der Waals surface area contributed by atoms with Crippen LogP contribution in [-0.4, -0.2) is 20.9 Å². The van der Waals surface area contributed by atoms with Gasteiger partial charge >= 0.3 is 0 Å².